The predicted molar refractivity (Wildman–Crippen MR) is 131 cm³/mol. The van der Waals surface area contributed by atoms with E-state index >= 15 is 0 Å². The molecule has 0 spiro atoms. The molecule has 0 atom stereocenters. The van der Waals surface area contributed by atoms with E-state index in [-0.39, 0.29) is 24.1 Å². The minimum absolute atomic E-state index is 0.0326. The summed E-state index contributed by atoms with van der Waals surface area (Å²) >= 11 is 6.22. The molecule has 0 unspecified atom stereocenters. The molecule has 4 rings (SSSR count). The standard InChI is InChI=1S/C24H29BClN3O4/c1-15(2)27-21(30)14-29-20(16-8-7-9-18(26)10-16)13-28-12-17(11-19(28)22(29)31)25-32-23(3,4)24(5,6)33-25/h7-13,15H,14H2,1-6H3,(H,27,30). The van der Waals surface area contributed by atoms with E-state index in [0.29, 0.717) is 16.2 Å². The van der Waals surface area contributed by atoms with Gasteiger partial charge in [-0.25, -0.2) is 0 Å². The highest BCUT2D eigenvalue weighted by Crippen LogP contribution is 2.36. The topological polar surface area (TPSA) is 74.0 Å². The van der Waals surface area contributed by atoms with E-state index in [1.807, 2.05) is 66.1 Å². The van der Waals surface area contributed by atoms with Crippen molar-refractivity contribution in [2.75, 3.05) is 0 Å². The second-order valence-electron chi connectivity index (χ2n) is 9.79. The third-order valence-corrected chi connectivity index (χ3v) is 6.52. The molecule has 0 bridgehead atoms. The van der Waals surface area contributed by atoms with Crippen molar-refractivity contribution >= 4 is 35.6 Å². The SMILES string of the molecule is CC(C)NC(=O)Cn1c(-c2cccc(Cl)c2)cn2cc(B3OC(C)(C)C(C)(C)O3)cc2c1=O. The lowest BCUT2D eigenvalue weighted by Crippen LogP contribution is -2.41. The summed E-state index contributed by atoms with van der Waals surface area (Å²) in [5.41, 5.74) is 1.23. The van der Waals surface area contributed by atoms with Crippen LogP contribution in [0.4, 0.5) is 0 Å². The fourth-order valence-electron chi connectivity index (χ4n) is 3.88. The van der Waals surface area contributed by atoms with Crippen molar-refractivity contribution in [3.05, 3.63) is 58.1 Å². The van der Waals surface area contributed by atoms with Gasteiger partial charge in [0.15, 0.2) is 0 Å². The van der Waals surface area contributed by atoms with Gasteiger partial charge >= 0.3 is 7.12 Å². The Morgan fingerprint density at radius 2 is 1.79 bits per heavy atom. The number of carbonyl (C=O) groups is 1. The fourth-order valence-corrected chi connectivity index (χ4v) is 4.07. The van der Waals surface area contributed by atoms with Gasteiger partial charge < -0.3 is 19.0 Å². The van der Waals surface area contributed by atoms with Crippen LogP contribution in [-0.2, 0) is 20.6 Å². The van der Waals surface area contributed by atoms with Crippen LogP contribution in [0, 0.1) is 0 Å². The zero-order chi connectivity index (χ0) is 24.1. The van der Waals surface area contributed by atoms with Gasteiger partial charge in [0.1, 0.15) is 12.1 Å². The number of halogens is 1. The highest BCUT2D eigenvalue weighted by atomic mass is 35.5. The number of nitrogens with zero attached hydrogens (tertiary/aromatic N) is 2. The molecule has 3 heterocycles. The van der Waals surface area contributed by atoms with Crippen molar-refractivity contribution in [1.29, 1.82) is 0 Å². The van der Waals surface area contributed by atoms with Crippen molar-refractivity contribution in [2.45, 2.75) is 65.3 Å². The number of benzene rings is 1. The van der Waals surface area contributed by atoms with E-state index in [4.69, 9.17) is 20.9 Å². The summed E-state index contributed by atoms with van der Waals surface area (Å²) < 4.78 is 15.6. The lowest BCUT2D eigenvalue weighted by Gasteiger charge is -2.32. The van der Waals surface area contributed by atoms with E-state index < -0.39 is 18.3 Å². The molecule has 0 aliphatic carbocycles. The molecule has 9 heteroatoms. The molecule has 2 aromatic heterocycles. The number of hydrogen-bond donors (Lipinski definition) is 1. The first-order valence-corrected chi connectivity index (χ1v) is 11.4. The van der Waals surface area contributed by atoms with Gasteiger partial charge in [-0.05, 0) is 59.7 Å². The fraction of sp³-hybridized carbons (Fsp3) is 0.417. The molecular weight excluding hydrogens is 441 g/mol. The second-order valence-corrected chi connectivity index (χ2v) is 10.2. The molecule has 0 radical (unpaired) electrons. The van der Waals surface area contributed by atoms with E-state index in [1.165, 1.54) is 4.57 Å². The summed E-state index contributed by atoms with van der Waals surface area (Å²) in [6, 6.07) is 8.96. The highest BCUT2D eigenvalue weighted by molar-refractivity contribution is 6.62. The molecule has 0 saturated carbocycles. The van der Waals surface area contributed by atoms with Gasteiger partial charge in [0.05, 0.1) is 16.9 Å². The van der Waals surface area contributed by atoms with Gasteiger partial charge in [-0.2, -0.15) is 0 Å². The number of hydrogen-bond acceptors (Lipinski definition) is 4. The molecular formula is C24H29BClN3O4. The molecule has 174 valence electrons. The second kappa shape index (κ2) is 8.35. The number of nitrogens with one attached hydrogen (secondary N) is 1. The van der Waals surface area contributed by atoms with Crippen LogP contribution in [0.1, 0.15) is 41.5 Å². The zero-order valence-electron chi connectivity index (χ0n) is 19.8. The molecule has 33 heavy (non-hydrogen) atoms. The number of carbonyl (C=O) groups excluding carboxylic acids is 1. The summed E-state index contributed by atoms with van der Waals surface area (Å²) in [6.07, 6.45) is 3.67. The number of rotatable bonds is 5. The molecule has 3 aromatic rings. The van der Waals surface area contributed by atoms with E-state index in [0.717, 1.165) is 11.0 Å². The summed E-state index contributed by atoms with van der Waals surface area (Å²) in [5, 5.41) is 3.40. The summed E-state index contributed by atoms with van der Waals surface area (Å²) in [7, 11) is -0.596. The molecule has 7 nitrogen and oxygen atoms in total. The van der Waals surface area contributed by atoms with Crippen LogP contribution >= 0.6 is 11.6 Å². The Kier molecular flexibility index (Phi) is 5.97. The van der Waals surface area contributed by atoms with Crippen molar-refractivity contribution < 1.29 is 14.1 Å². The highest BCUT2D eigenvalue weighted by Gasteiger charge is 2.52. The van der Waals surface area contributed by atoms with Crippen LogP contribution in [0.2, 0.25) is 5.02 Å². The van der Waals surface area contributed by atoms with Gasteiger partial charge in [0.25, 0.3) is 5.56 Å². The van der Waals surface area contributed by atoms with E-state index in [9.17, 15) is 9.59 Å². The molecule has 1 N–H and O–H groups in total. The maximum Gasteiger partial charge on any atom is 0.496 e. The number of amides is 1. The summed E-state index contributed by atoms with van der Waals surface area (Å²) in [6.45, 7) is 11.6. The van der Waals surface area contributed by atoms with Crippen LogP contribution in [-0.4, -0.2) is 39.2 Å². The normalized spacial score (nSPS) is 17.2. The maximum absolute atomic E-state index is 13.6. The summed E-state index contributed by atoms with van der Waals surface area (Å²) in [4.78, 5) is 26.1. The molecule has 1 fully saturated rings. The molecule has 1 aromatic carbocycles. The Labute approximate surface area is 198 Å². The number of fused-ring (bicyclic) bond motifs is 1. The zero-order valence-corrected chi connectivity index (χ0v) is 20.6. The first kappa shape index (κ1) is 23.6. The Morgan fingerprint density at radius 1 is 1.12 bits per heavy atom. The molecule has 1 aliphatic rings. The van der Waals surface area contributed by atoms with Crippen molar-refractivity contribution in [3.63, 3.8) is 0 Å². The van der Waals surface area contributed by atoms with Crippen LogP contribution in [0.5, 0.6) is 0 Å². The maximum atomic E-state index is 13.6. The molecule has 1 saturated heterocycles. The van der Waals surface area contributed by atoms with Crippen LogP contribution < -0.4 is 16.3 Å². The first-order valence-electron chi connectivity index (χ1n) is 11.0. The van der Waals surface area contributed by atoms with Crippen LogP contribution in [0.25, 0.3) is 16.8 Å². The van der Waals surface area contributed by atoms with E-state index in [1.54, 1.807) is 22.6 Å². The smallest absolute Gasteiger partial charge is 0.399 e. The average Bonchev–Trinajstić information content (AvgIpc) is 3.21. The Hall–Kier alpha value is -2.55. The third-order valence-electron chi connectivity index (χ3n) is 6.28. The Morgan fingerprint density at radius 3 is 2.39 bits per heavy atom. The minimum Gasteiger partial charge on any atom is -0.399 e. The van der Waals surface area contributed by atoms with Crippen LogP contribution in [0.15, 0.2) is 47.5 Å². The van der Waals surface area contributed by atoms with Gasteiger partial charge in [-0.15, -0.1) is 0 Å². The summed E-state index contributed by atoms with van der Waals surface area (Å²) in [5.74, 6) is -0.238. The number of aromatic nitrogens is 2. The Bertz CT molecular complexity index is 1260. The van der Waals surface area contributed by atoms with Gasteiger partial charge in [-0.1, -0.05) is 23.7 Å². The molecule has 1 amide bonds. The van der Waals surface area contributed by atoms with E-state index in [2.05, 4.69) is 5.32 Å². The van der Waals surface area contributed by atoms with Crippen molar-refractivity contribution in [1.82, 2.24) is 14.3 Å². The predicted octanol–water partition coefficient (Wildman–Crippen LogP) is 3.25. The molecule has 1 aliphatic heterocycles. The third kappa shape index (κ3) is 4.47. The van der Waals surface area contributed by atoms with Crippen molar-refractivity contribution in [3.8, 4) is 11.3 Å². The van der Waals surface area contributed by atoms with Gasteiger partial charge in [0, 0.05) is 34.5 Å². The lowest BCUT2D eigenvalue weighted by molar-refractivity contribution is -0.122. The first-order chi connectivity index (χ1) is 15.4. The van der Waals surface area contributed by atoms with Gasteiger partial charge in [-0.3, -0.25) is 14.2 Å². The minimum atomic E-state index is -0.596. The van der Waals surface area contributed by atoms with Crippen LogP contribution in [0.3, 0.4) is 0 Å². The Balaban J connectivity index is 1.84. The monoisotopic (exact) mass is 469 g/mol. The quantitative estimate of drug-likeness (QED) is 0.582. The largest absolute Gasteiger partial charge is 0.496 e. The average molecular weight is 470 g/mol. The lowest BCUT2D eigenvalue weighted by atomic mass is 9.81. The van der Waals surface area contributed by atoms with Gasteiger partial charge in [0.2, 0.25) is 5.91 Å². The van der Waals surface area contributed by atoms with Crippen molar-refractivity contribution in [2.24, 2.45) is 0 Å².